The van der Waals surface area contributed by atoms with Gasteiger partial charge in [0.15, 0.2) is 0 Å². The predicted molar refractivity (Wildman–Crippen MR) is 213 cm³/mol. The van der Waals surface area contributed by atoms with Crippen molar-refractivity contribution >= 4 is 11.6 Å². The smallest absolute Gasteiger partial charge is 0.142 e. The standard InChI is InChI=1S/C45H49ClN4O3/c1-33-38(14-9-15-40(33)41-16-10-17-43(34(41)2)51-23-11-19-48-20-18-35-12-5-3-6-13-35)32-53-45-26-44(52-31-37-24-36(27-47)28-49-29-37)39(25-42(45)46)30-50-21-7-4-8-22-50/h3,5-6,9-10,12-17,24-26,28-29,48H,4,7-8,11,18-23,30-32H2,1-2H3. The molecule has 0 saturated carbocycles. The maximum absolute atomic E-state index is 9.33. The number of nitrogens with zero attached hydrogens (tertiary/aromatic N) is 3. The lowest BCUT2D eigenvalue weighted by molar-refractivity contribution is 0.214. The lowest BCUT2D eigenvalue weighted by atomic mass is 9.93. The highest BCUT2D eigenvalue weighted by Crippen LogP contribution is 2.37. The van der Waals surface area contributed by atoms with Gasteiger partial charge in [0.25, 0.3) is 0 Å². The molecule has 1 aromatic heterocycles. The molecular weight excluding hydrogens is 680 g/mol. The highest BCUT2D eigenvalue weighted by molar-refractivity contribution is 6.32. The van der Waals surface area contributed by atoms with Gasteiger partial charge in [-0.3, -0.25) is 9.88 Å². The number of benzene rings is 4. The molecule has 0 amide bonds. The van der Waals surface area contributed by atoms with Gasteiger partial charge in [-0.25, -0.2) is 0 Å². The molecule has 5 aromatic rings. The summed E-state index contributed by atoms with van der Waals surface area (Å²) in [7, 11) is 0. The zero-order valence-electron chi connectivity index (χ0n) is 30.9. The van der Waals surface area contributed by atoms with Crippen molar-refractivity contribution in [2.24, 2.45) is 0 Å². The second kappa shape index (κ2) is 19.3. The fraction of sp³-hybridized carbons (Fsp3) is 0.333. The van der Waals surface area contributed by atoms with Gasteiger partial charge in [-0.15, -0.1) is 0 Å². The quantitative estimate of drug-likeness (QED) is 0.0956. The number of pyridine rings is 1. The van der Waals surface area contributed by atoms with Crippen molar-refractivity contribution in [1.29, 1.82) is 5.26 Å². The van der Waals surface area contributed by atoms with Gasteiger partial charge >= 0.3 is 0 Å². The molecule has 1 fully saturated rings. The van der Waals surface area contributed by atoms with Crippen LogP contribution in [0.15, 0.2) is 97.3 Å². The molecule has 1 aliphatic heterocycles. The van der Waals surface area contributed by atoms with Crippen LogP contribution in [0.4, 0.5) is 0 Å². The van der Waals surface area contributed by atoms with E-state index < -0.39 is 0 Å². The molecule has 7 nitrogen and oxygen atoms in total. The molecule has 8 heteroatoms. The Morgan fingerprint density at radius 2 is 1.51 bits per heavy atom. The van der Waals surface area contributed by atoms with E-state index in [0.29, 0.717) is 29.5 Å². The fourth-order valence-electron chi connectivity index (χ4n) is 6.82. The van der Waals surface area contributed by atoms with Crippen LogP contribution in [0.5, 0.6) is 17.2 Å². The summed E-state index contributed by atoms with van der Waals surface area (Å²) in [5.41, 5.74) is 9.34. The molecule has 274 valence electrons. The summed E-state index contributed by atoms with van der Waals surface area (Å²) in [4.78, 5) is 6.64. The van der Waals surface area contributed by atoms with Gasteiger partial charge in [0.2, 0.25) is 0 Å². The van der Waals surface area contributed by atoms with Crippen LogP contribution in [0.3, 0.4) is 0 Å². The third-order valence-corrected chi connectivity index (χ3v) is 10.2. The molecule has 4 aromatic carbocycles. The first-order chi connectivity index (χ1) is 26.0. The molecule has 0 radical (unpaired) electrons. The van der Waals surface area contributed by atoms with Gasteiger partial charge in [-0.1, -0.05) is 78.7 Å². The van der Waals surface area contributed by atoms with Crippen LogP contribution in [0.25, 0.3) is 11.1 Å². The van der Waals surface area contributed by atoms with Crippen molar-refractivity contribution in [3.8, 4) is 34.4 Å². The van der Waals surface area contributed by atoms with Crippen LogP contribution >= 0.6 is 11.6 Å². The minimum absolute atomic E-state index is 0.283. The van der Waals surface area contributed by atoms with E-state index in [9.17, 15) is 5.26 Å². The Kier molecular flexibility index (Phi) is 13.8. The minimum atomic E-state index is 0.283. The second-order valence-electron chi connectivity index (χ2n) is 13.7. The summed E-state index contributed by atoms with van der Waals surface area (Å²) in [5.74, 6) is 2.20. The Balaban J connectivity index is 1.10. The highest BCUT2D eigenvalue weighted by Gasteiger charge is 2.18. The number of hydrogen-bond acceptors (Lipinski definition) is 7. The first-order valence-corrected chi connectivity index (χ1v) is 19.1. The number of ether oxygens (including phenoxy) is 3. The van der Waals surface area contributed by atoms with Crippen LogP contribution in [0.1, 0.15) is 64.6 Å². The molecular formula is C45H49ClN4O3. The number of nitrogens with one attached hydrogen (secondary N) is 1. The first kappa shape index (κ1) is 37.9. The van der Waals surface area contributed by atoms with Crippen molar-refractivity contribution in [1.82, 2.24) is 15.2 Å². The van der Waals surface area contributed by atoms with Crippen molar-refractivity contribution in [2.75, 3.05) is 32.8 Å². The summed E-state index contributed by atoms with van der Waals surface area (Å²) < 4.78 is 19.1. The van der Waals surface area contributed by atoms with Crippen molar-refractivity contribution < 1.29 is 14.2 Å². The Labute approximate surface area is 319 Å². The highest BCUT2D eigenvalue weighted by atomic mass is 35.5. The van der Waals surface area contributed by atoms with Gasteiger partial charge in [-0.2, -0.15) is 5.26 Å². The topological polar surface area (TPSA) is 79.6 Å². The molecule has 53 heavy (non-hydrogen) atoms. The van der Waals surface area contributed by atoms with E-state index in [1.54, 1.807) is 18.5 Å². The summed E-state index contributed by atoms with van der Waals surface area (Å²) in [6.07, 6.45) is 8.90. The predicted octanol–water partition coefficient (Wildman–Crippen LogP) is 9.64. The molecule has 0 atom stereocenters. The third-order valence-electron chi connectivity index (χ3n) is 9.87. The SMILES string of the molecule is Cc1c(COc2cc(OCc3cncc(C#N)c3)c(CN3CCCCC3)cc2Cl)cccc1-c1cccc(OCCCNCCc2ccccc2)c1C. The minimum Gasteiger partial charge on any atom is -0.493 e. The van der Waals surface area contributed by atoms with Crippen molar-refractivity contribution in [3.05, 3.63) is 141 Å². The van der Waals surface area contributed by atoms with Gasteiger partial charge in [0.05, 0.1) is 17.2 Å². The van der Waals surface area contributed by atoms with Crippen molar-refractivity contribution in [3.63, 3.8) is 0 Å². The number of likely N-dealkylation sites (tertiary alicyclic amines) is 1. The number of rotatable bonds is 17. The van der Waals surface area contributed by atoms with Crippen LogP contribution in [0.2, 0.25) is 5.02 Å². The largest absolute Gasteiger partial charge is 0.493 e. The van der Waals surface area contributed by atoms with E-state index in [2.05, 4.69) is 102 Å². The van der Waals surface area contributed by atoms with Crippen molar-refractivity contribution in [2.45, 2.75) is 65.7 Å². The zero-order valence-corrected chi connectivity index (χ0v) is 31.6. The van der Waals surface area contributed by atoms with Crippen LogP contribution in [0, 0.1) is 25.2 Å². The van der Waals surface area contributed by atoms with Gasteiger partial charge in [0.1, 0.15) is 36.5 Å². The first-order valence-electron chi connectivity index (χ1n) is 18.7. The van der Waals surface area contributed by atoms with Crippen LogP contribution in [-0.4, -0.2) is 42.7 Å². The molecule has 2 heterocycles. The number of piperidine rings is 1. The Morgan fingerprint density at radius 1 is 0.736 bits per heavy atom. The maximum atomic E-state index is 9.33. The van der Waals surface area contributed by atoms with Crippen LogP contribution < -0.4 is 19.5 Å². The van der Waals surface area contributed by atoms with Gasteiger partial charge in [0, 0.05) is 36.1 Å². The number of aromatic nitrogens is 1. The van der Waals surface area contributed by atoms with E-state index in [0.717, 1.165) is 96.0 Å². The van der Waals surface area contributed by atoms with E-state index in [4.69, 9.17) is 25.8 Å². The van der Waals surface area contributed by atoms with E-state index in [1.807, 2.05) is 12.1 Å². The van der Waals surface area contributed by atoms with E-state index >= 15 is 0 Å². The molecule has 0 unspecified atom stereocenters. The number of halogens is 1. The molecule has 6 rings (SSSR count). The molecule has 0 aliphatic carbocycles. The summed E-state index contributed by atoms with van der Waals surface area (Å²) in [6.45, 7) is 10.3. The maximum Gasteiger partial charge on any atom is 0.142 e. The van der Waals surface area contributed by atoms with Gasteiger partial charge < -0.3 is 19.5 Å². The third kappa shape index (κ3) is 10.6. The zero-order chi connectivity index (χ0) is 36.8. The Morgan fingerprint density at radius 3 is 2.32 bits per heavy atom. The fourth-order valence-corrected chi connectivity index (χ4v) is 7.06. The van der Waals surface area contributed by atoms with E-state index in [1.165, 1.54) is 24.8 Å². The molecule has 0 spiro atoms. The summed E-state index contributed by atoms with van der Waals surface area (Å²) >= 11 is 6.89. The number of nitriles is 1. The molecule has 1 saturated heterocycles. The lowest BCUT2D eigenvalue weighted by Gasteiger charge is -2.27. The van der Waals surface area contributed by atoms with Gasteiger partial charge in [-0.05, 0) is 117 Å². The average molecular weight is 729 g/mol. The van der Waals surface area contributed by atoms with Crippen LogP contribution in [-0.2, 0) is 26.2 Å². The molecule has 1 aliphatic rings. The lowest BCUT2D eigenvalue weighted by Crippen LogP contribution is -2.29. The Bertz CT molecular complexity index is 1990. The molecule has 1 N–H and O–H groups in total. The van der Waals surface area contributed by atoms with E-state index in [-0.39, 0.29) is 6.61 Å². The summed E-state index contributed by atoms with van der Waals surface area (Å²) in [5, 5.41) is 13.4. The second-order valence-corrected chi connectivity index (χ2v) is 14.1. The Hall–Kier alpha value is -4.87. The molecule has 0 bridgehead atoms. The summed E-state index contributed by atoms with van der Waals surface area (Å²) in [6, 6.07) is 31.0. The normalized spacial score (nSPS) is 13.0. The number of hydrogen-bond donors (Lipinski definition) is 1. The monoisotopic (exact) mass is 728 g/mol. The average Bonchev–Trinajstić information content (AvgIpc) is 3.19.